The quantitative estimate of drug-likeness (QED) is 0.750. The van der Waals surface area contributed by atoms with E-state index in [1.807, 2.05) is 6.92 Å². The Bertz CT molecular complexity index is 1040. The molecule has 0 atom stereocenters. The third-order valence-electron chi connectivity index (χ3n) is 3.82. The maximum Gasteiger partial charge on any atom is 0.349 e. The van der Waals surface area contributed by atoms with E-state index >= 15 is 0 Å². The molecule has 2 N–H and O–H groups in total. The minimum absolute atomic E-state index is 0.176. The molecule has 0 fully saturated rings. The number of rotatable bonds is 3. The Hall–Kier alpha value is -2.70. The van der Waals surface area contributed by atoms with Crippen LogP contribution >= 0.6 is 11.6 Å². The molecule has 7 heteroatoms. The van der Waals surface area contributed by atoms with Crippen molar-refractivity contribution in [2.75, 3.05) is 5.32 Å². The van der Waals surface area contributed by atoms with Gasteiger partial charge in [0, 0.05) is 17.1 Å². The number of nitrogens with one attached hydrogen (secondary N) is 1. The van der Waals surface area contributed by atoms with Crippen LogP contribution in [0.5, 0.6) is 0 Å². The van der Waals surface area contributed by atoms with E-state index in [-0.39, 0.29) is 17.8 Å². The molecule has 25 heavy (non-hydrogen) atoms. The molecule has 1 aromatic carbocycles. The largest absolute Gasteiger partial charge is 0.420 e. The number of pyridine rings is 1. The second-order valence-corrected chi connectivity index (χ2v) is 6.06. The summed E-state index contributed by atoms with van der Waals surface area (Å²) >= 11 is 6.11. The number of aliphatic hydroxyl groups excluding tert-OH is 1. The van der Waals surface area contributed by atoms with Crippen LogP contribution in [0.15, 0.2) is 39.7 Å². The van der Waals surface area contributed by atoms with Gasteiger partial charge in [-0.1, -0.05) is 17.7 Å². The molecule has 0 radical (unpaired) electrons. The fourth-order valence-electron chi connectivity index (χ4n) is 2.48. The lowest BCUT2D eigenvalue weighted by molar-refractivity contribution is 0.102. The number of aryl methyl sites for hydroxylation is 2. The van der Waals surface area contributed by atoms with E-state index in [1.165, 1.54) is 12.3 Å². The van der Waals surface area contributed by atoms with Crippen molar-refractivity contribution < 1.29 is 14.3 Å². The van der Waals surface area contributed by atoms with Crippen molar-refractivity contribution in [3.63, 3.8) is 0 Å². The van der Waals surface area contributed by atoms with Gasteiger partial charge >= 0.3 is 5.63 Å². The summed E-state index contributed by atoms with van der Waals surface area (Å²) < 4.78 is 5.25. The Morgan fingerprint density at radius 2 is 2.08 bits per heavy atom. The van der Waals surface area contributed by atoms with Gasteiger partial charge in [0.1, 0.15) is 5.56 Å². The maximum atomic E-state index is 12.5. The zero-order chi connectivity index (χ0) is 18.1. The molecular weight excluding hydrogens is 344 g/mol. The molecule has 1 amide bonds. The van der Waals surface area contributed by atoms with Crippen molar-refractivity contribution in [3.8, 4) is 0 Å². The fraction of sp³-hybridized carbons (Fsp3) is 0.167. The molecule has 6 nitrogen and oxygen atoms in total. The molecule has 3 aromatic rings. The summed E-state index contributed by atoms with van der Waals surface area (Å²) in [5.74, 6) is -0.639. The summed E-state index contributed by atoms with van der Waals surface area (Å²) in [5, 5.41) is 12.9. The first-order valence-corrected chi connectivity index (χ1v) is 7.89. The Balaban J connectivity index is 2.07. The first kappa shape index (κ1) is 17.1. The number of carbonyl (C=O) groups excluding carboxylic acids is 1. The number of nitrogens with zero attached hydrogens (tertiary/aromatic N) is 1. The Labute approximate surface area is 148 Å². The summed E-state index contributed by atoms with van der Waals surface area (Å²) in [7, 11) is 0. The van der Waals surface area contributed by atoms with E-state index in [0.29, 0.717) is 27.4 Å². The molecule has 3 rings (SSSR count). The normalized spacial score (nSPS) is 10.9. The second kappa shape index (κ2) is 6.66. The predicted molar refractivity (Wildman–Crippen MR) is 95.1 cm³/mol. The third kappa shape index (κ3) is 3.26. The minimum Gasteiger partial charge on any atom is -0.420 e. The smallest absolute Gasteiger partial charge is 0.349 e. The van der Waals surface area contributed by atoms with Crippen molar-refractivity contribution in [3.05, 3.63) is 68.3 Å². The summed E-state index contributed by atoms with van der Waals surface area (Å²) in [4.78, 5) is 28.8. The first-order valence-electron chi connectivity index (χ1n) is 7.51. The average molecular weight is 359 g/mol. The van der Waals surface area contributed by atoms with Gasteiger partial charge in [0.2, 0.25) is 0 Å². The zero-order valence-electron chi connectivity index (χ0n) is 13.6. The molecule has 0 spiro atoms. The van der Waals surface area contributed by atoms with Crippen molar-refractivity contribution in [1.82, 2.24) is 4.98 Å². The molecule has 0 bridgehead atoms. The minimum atomic E-state index is -0.784. The van der Waals surface area contributed by atoms with E-state index in [4.69, 9.17) is 16.0 Å². The number of anilines is 1. The molecule has 0 saturated carbocycles. The van der Waals surface area contributed by atoms with E-state index in [9.17, 15) is 14.7 Å². The second-order valence-electron chi connectivity index (χ2n) is 5.65. The number of hydrogen-bond donors (Lipinski definition) is 2. The molecule has 0 saturated heterocycles. The van der Waals surface area contributed by atoms with Crippen LogP contribution in [0.3, 0.4) is 0 Å². The molecule has 128 valence electrons. The summed E-state index contributed by atoms with van der Waals surface area (Å²) in [6, 6.07) is 6.56. The standard InChI is InChI=1S/C18H15ClN2O4/c1-9-3-4-15(14(19)5-9)21-17(23)13-6-12-11(8-22)7-20-10(2)16(12)25-18(13)24/h3-7,22H,8H2,1-2H3,(H,21,23). The molecule has 2 heterocycles. The highest BCUT2D eigenvalue weighted by molar-refractivity contribution is 6.34. The van der Waals surface area contributed by atoms with Crippen LogP contribution in [0.4, 0.5) is 5.69 Å². The predicted octanol–water partition coefficient (Wildman–Crippen LogP) is 3.20. The van der Waals surface area contributed by atoms with Crippen LogP contribution < -0.4 is 10.9 Å². The first-order chi connectivity index (χ1) is 11.9. The van der Waals surface area contributed by atoms with E-state index in [2.05, 4.69) is 10.3 Å². The SMILES string of the molecule is Cc1ccc(NC(=O)c2cc3c(CO)cnc(C)c3oc2=O)c(Cl)c1. The third-order valence-corrected chi connectivity index (χ3v) is 4.14. The van der Waals surface area contributed by atoms with Gasteiger partial charge in [-0.2, -0.15) is 0 Å². The van der Waals surface area contributed by atoms with Crippen molar-refractivity contribution >= 4 is 34.2 Å². The lowest BCUT2D eigenvalue weighted by atomic mass is 10.1. The molecule has 2 aromatic heterocycles. The number of aliphatic hydroxyl groups is 1. The Morgan fingerprint density at radius 3 is 2.76 bits per heavy atom. The number of benzene rings is 1. The van der Waals surface area contributed by atoms with Gasteiger partial charge in [0.15, 0.2) is 5.58 Å². The molecule has 0 unspecified atom stereocenters. The summed E-state index contributed by atoms with van der Waals surface area (Å²) in [5.41, 5.74) is 1.59. The summed E-state index contributed by atoms with van der Waals surface area (Å²) in [6.07, 6.45) is 1.48. The van der Waals surface area contributed by atoms with Crippen LogP contribution in [0.1, 0.15) is 27.2 Å². The van der Waals surface area contributed by atoms with Gasteiger partial charge in [-0.15, -0.1) is 0 Å². The molecule has 0 aliphatic carbocycles. The van der Waals surface area contributed by atoms with E-state index in [1.54, 1.807) is 25.1 Å². The van der Waals surface area contributed by atoms with Gasteiger partial charge in [-0.3, -0.25) is 9.78 Å². The Kier molecular flexibility index (Phi) is 4.57. The lowest BCUT2D eigenvalue weighted by Gasteiger charge is -2.09. The van der Waals surface area contributed by atoms with Gasteiger partial charge in [0.25, 0.3) is 5.91 Å². The van der Waals surface area contributed by atoms with Gasteiger partial charge < -0.3 is 14.8 Å². The number of aromatic nitrogens is 1. The van der Waals surface area contributed by atoms with Gasteiger partial charge in [0.05, 0.1) is 23.0 Å². The van der Waals surface area contributed by atoms with Crippen molar-refractivity contribution in [2.24, 2.45) is 0 Å². The van der Waals surface area contributed by atoms with Crippen molar-refractivity contribution in [2.45, 2.75) is 20.5 Å². The Morgan fingerprint density at radius 1 is 1.32 bits per heavy atom. The monoisotopic (exact) mass is 358 g/mol. The van der Waals surface area contributed by atoms with Crippen molar-refractivity contribution in [1.29, 1.82) is 0 Å². The van der Waals surface area contributed by atoms with Crippen LogP contribution in [-0.2, 0) is 6.61 Å². The van der Waals surface area contributed by atoms with Crippen LogP contribution in [-0.4, -0.2) is 16.0 Å². The number of amides is 1. The highest BCUT2D eigenvalue weighted by Gasteiger charge is 2.17. The van der Waals surface area contributed by atoms with Crippen LogP contribution in [0, 0.1) is 13.8 Å². The lowest BCUT2D eigenvalue weighted by Crippen LogP contribution is -2.21. The number of hydrogen-bond acceptors (Lipinski definition) is 5. The van der Waals surface area contributed by atoms with E-state index < -0.39 is 11.5 Å². The zero-order valence-corrected chi connectivity index (χ0v) is 14.3. The molecule has 0 aliphatic rings. The van der Waals surface area contributed by atoms with Gasteiger partial charge in [-0.25, -0.2) is 4.79 Å². The highest BCUT2D eigenvalue weighted by Crippen LogP contribution is 2.24. The summed E-state index contributed by atoms with van der Waals surface area (Å²) in [6.45, 7) is 3.27. The average Bonchev–Trinajstić information content (AvgIpc) is 2.57. The topological polar surface area (TPSA) is 92.4 Å². The number of carbonyl (C=O) groups is 1. The highest BCUT2D eigenvalue weighted by atomic mass is 35.5. The van der Waals surface area contributed by atoms with E-state index in [0.717, 1.165) is 5.56 Å². The fourth-order valence-corrected chi connectivity index (χ4v) is 2.76. The molecule has 0 aliphatic heterocycles. The maximum absolute atomic E-state index is 12.5. The number of fused-ring (bicyclic) bond motifs is 1. The van der Waals surface area contributed by atoms with Crippen LogP contribution in [0.2, 0.25) is 5.02 Å². The van der Waals surface area contributed by atoms with Gasteiger partial charge in [-0.05, 0) is 37.6 Å². The van der Waals surface area contributed by atoms with Crippen LogP contribution in [0.25, 0.3) is 11.0 Å². The molecular formula is C18H15ClN2O4. The number of halogens is 1.